The van der Waals surface area contributed by atoms with E-state index in [4.69, 9.17) is 9.52 Å². The lowest BCUT2D eigenvalue weighted by Gasteiger charge is -2.13. The molecule has 1 heterocycles. The van der Waals surface area contributed by atoms with Gasteiger partial charge in [-0.25, -0.2) is 22.3 Å². The van der Waals surface area contributed by atoms with Crippen molar-refractivity contribution in [3.05, 3.63) is 53.5 Å². The number of halogens is 1. The molecule has 8 heteroatoms. The number of carbonyl (C=O) groups is 1. The first-order valence-corrected chi connectivity index (χ1v) is 7.39. The number of nitrogens with one attached hydrogen (secondary N) is 1. The van der Waals surface area contributed by atoms with Crippen LogP contribution in [0.5, 0.6) is 0 Å². The van der Waals surface area contributed by atoms with Gasteiger partial charge in [0.25, 0.3) is 10.0 Å². The molecule has 2 aromatic rings. The second-order valence-electron chi connectivity index (χ2n) is 4.32. The molecule has 0 bridgehead atoms. The molecule has 1 aromatic carbocycles. The summed E-state index contributed by atoms with van der Waals surface area (Å²) in [5.41, 5.74) is 0.434. The molecule has 112 valence electrons. The molecule has 0 saturated carbocycles. The first kappa shape index (κ1) is 15.2. The fraction of sp³-hybridized carbons (Fsp3) is 0.154. The molecule has 2 N–H and O–H groups in total. The highest BCUT2D eigenvalue weighted by molar-refractivity contribution is 7.89. The Bertz CT molecular complexity index is 768. The van der Waals surface area contributed by atoms with Crippen LogP contribution in [0, 0.1) is 5.82 Å². The van der Waals surface area contributed by atoms with Gasteiger partial charge >= 0.3 is 5.97 Å². The monoisotopic (exact) mass is 313 g/mol. The normalized spacial score (nSPS) is 13.0. The Morgan fingerprint density at radius 1 is 1.33 bits per heavy atom. The van der Waals surface area contributed by atoms with Gasteiger partial charge in [-0.1, -0.05) is 12.1 Å². The highest BCUT2D eigenvalue weighted by atomic mass is 32.2. The smallest absolute Gasteiger partial charge is 0.371 e. The van der Waals surface area contributed by atoms with Gasteiger partial charge in [0.2, 0.25) is 10.9 Å². The van der Waals surface area contributed by atoms with Gasteiger partial charge in [-0.15, -0.1) is 0 Å². The second kappa shape index (κ2) is 5.66. The molecule has 0 aliphatic carbocycles. The standard InChI is InChI=1S/C13H12FNO5S/c1-8(9-3-2-4-10(14)7-9)15-21(18,19)12-6-5-11(20-12)13(16)17/h2-8,15H,1H3,(H,16,17)/t8-/m1/s1. The van der Waals surface area contributed by atoms with E-state index in [1.165, 1.54) is 25.1 Å². The molecule has 0 saturated heterocycles. The van der Waals surface area contributed by atoms with Gasteiger partial charge in [-0.2, -0.15) is 0 Å². The van der Waals surface area contributed by atoms with Crippen LogP contribution in [-0.4, -0.2) is 19.5 Å². The molecule has 0 aliphatic rings. The van der Waals surface area contributed by atoms with Gasteiger partial charge in [0.1, 0.15) is 5.82 Å². The van der Waals surface area contributed by atoms with E-state index in [0.717, 1.165) is 12.1 Å². The van der Waals surface area contributed by atoms with Gasteiger partial charge < -0.3 is 9.52 Å². The van der Waals surface area contributed by atoms with Gasteiger partial charge in [0, 0.05) is 6.04 Å². The van der Waals surface area contributed by atoms with E-state index in [-0.39, 0.29) is 0 Å². The van der Waals surface area contributed by atoms with E-state index in [9.17, 15) is 17.6 Å². The predicted molar refractivity (Wildman–Crippen MR) is 70.8 cm³/mol. The van der Waals surface area contributed by atoms with Crippen LogP contribution < -0.4 is 4.72 Å². The van der Waals surface area contributed by atoms with Crippen molar-refractivity contribution in [1.82, 2.24) is 4.72 Å². The van der Waals surface area contributed by atoms with Gasteiger partial charge in [-0.3, -0.25) is 0 Å². The number of hydrogen-bond acceptors (Lipinski definition) is 4. The largest absolute Gasteiger partial charge is 0.475 e. The molecule has 2 rings (SSSR count). The summed E-state index contributed by atoms with van der Waals surface area (Å²) in [6, 6.07) is 6.87. The van der Waals surface area contributed by atoms with Crippen molar-refractivity contribution in [2.75, 3.05) is 0 Å². The van der Waals surface area contributed by atoms with Crippen LogP contribution in [0.15, 0.2) is 45.9 Å². The molecule has 0 spiro atoms. The molecular formula is C13H12FNO5S. The quantitative estimate of drug-likeness (QED) is 0.881. The van der Waals surface area contributed by atoms with Crippen molar-refractivity contribution in [3.8, 4) is 0 Å². The maximum Gasteiger partial charge on any atom is 0.371 e. The van der Waals surface area contributed by atoms with E-state index < -0.39 is 38.7 Å². The highest BCUT2D eigenvalue weighted by Crippen LogP contribution is 2.19. The van der Waals surface area contributed by atoms with E-state index in [1.807, 2.05) is 0 Å². The second-order valence-corrected chi connectivity index (χ2v) is 5.97. The summed E-state index contributed by atoms with van der Waals surface area (Å²) >= 11 is 0. The third-order valence-electron chi connectivity index (χ3n) is 2.74. The minimum Gasteiger partial charge on any atom is -0.475 e. The summed E-state index contributed by atoms with van der Waals surface area (Å²) in [5.74, 6) is -2.33. The Labute approximate surface area is 120 Å². The lowest BCUT2D eigenvalue weighted by molar-refractivity contribution is 0.0656. The van der Waals surface area contributed by atoms with Crippen molar-refractivity contribution in [2.24, 2.45) is 0 Å². The van der Waals surface area contributed by atoms with E-state index in [2.05, 4.69) is 4.72 Å². The number of carboxylic acids is 1. The molecule has 1 aromatic heterocycles. The van der Waals surface area contributed by atoms with Crippen LogP contribution in [-0.2, 0) is 10.0 Å². The Morgan fingerprint density at radius 3 is 2.62 bits per heavy atom. The molecule has 0 aliphatic heterocycles. The maximum absolute atomic E-state index is 13.1. The number of furan rings is 1. The topological polar surface area (TPSA) is 96.6 Å². The summed E-state index contributed by atoms with van der Waals surface area (Å²) in [4.78, 5) is 10.7. The van der Waals surface area contributed by atoms with Crippen molar-refractivity contribution >= 4 is 16.0 Å². The molecule has 0 fully saturated rings. The zero-order valence-electron chi connectivity index (χ0n) is 10.9. The van der Waals surface area contributed by atoms with Gasteiger partial charge in [0.05, 0.1) is 0 Å². The minimum atomic E-state index is -4.04. The molecule has 21 heavy (non-hydrogen) atoms. The first-order valence-electron chi connectivity index (χ1n) is 5.90. The number of rotatable bonds is 5. The van der Waals surface area contributed by atoms with Crippen molar-refractivity contribution in [2.45, 2.75) is 18.1 Å². The van der Waals surface area contributed by atoms with Crippen molar-refractivity contribution < 1.29 is 27.1 Å². The zero-order valence-corrected chi connectivity index (χ0v) is 11.7. The molecule has 1 atom stereocenters. The third-order valence-corrected chi connectivity index (χ3v) is 4.15. The zero-order chi connectivity index (χ0) is 15.6. The summed E-state index contributed by atoms with van der Waals surface area (Å²) in [5, 5.41) is 8.19. The van der Waals surface area contributed by atoms with Crippen LogP contribution in [0.3, 0.4) is 0 Å². The maximum atomic E-state index is 13.1. The van der Waals surface area contributed by atoms with Crippen molar-refractivity contribution in [1.29, 1.82) is 0 Å². The van der Waals surface area contributed by atoms with Gasteiger partial charge in [-0.05, 0) is 36.8 Å². The molecule has 6 nitrogen and oxygen atoms in total. The predicted octanol–water partition coefficient (Wildman–Crippen LogP) is 2.16. The molecule has 0 unspecified atom stereocenters. The summed E-state index contributed by atoms with van der Waals surface area (Å²) < 4.78 is 44.2. The van der Waals surface area contributed by atoms with Gasteiger partial charge in [0.15, 0.2) is 0 Å². The minimum absolute atomic E-state index is 0.434. The summed E-state index contributed by atoms with van der Waals surface area (Å²) in [7, 11) is -4.04. The van der Waals surface area contributed by atoms with Crippen LogP contribution in [0.2, 0.25) is 0 Å². The number of hydrogen-bond donors (Lipinski definition) is 2. The van der Waals surface area contributed by atoms with Crippen molar-refractivity contribution in [3.63, 3.8) is 0 Å². The third kappa shape index (κ3) is 3.47. The van der Waals surface area contributed by atoms with E-state index >= 15 is 0 Å². The molecular weight excluding hydrogens is 301 g/mol. The van der Waals surface area contributed by atoms with E-state index in [0.29, 0.717) is 5.56 Å². The van der Waals surface area contributed by atoms with Crippen LogP contribution in [0.4, 0.5) is 4.39 Å². The lowest BCUT2D eigenvalue weighted by Crippen LogP contribution is -2.26. The van der Waals surface area contributed by atoms with Crippen LogP contribution in [0.25, 0.3) is 0 Å². The van der Waals surface area contributed by atoms with E-state index in [1.54, 1.807) is 6.07 Å². The first-order chi connectivity index (χ1) is 9.79. The number of carboxylic acid groups (broad SMARTS) is 1. The average Bonchev–Trinajstić information content (AvgIpc) is 2.88. The Hall–Kier alpha value is -2.19. The SMILES string of the molecule is C[C@@H](NS(=O)(=O)c1ccc(C(=O)O)o1)c1cccc(F)c1. The fourth-order valence-corrected chi connectivity index (χ4v) is 2.88. The Kier molecular flexibility index (Phi) is 4.10. The average molecular weight is 313 g/mol. The highest BCUT2D eigenvalue weighted by Gasteiger charge is 2.23. The number of sulfonamides is 1. The number of aromatic carboxylic acids is 1. The lowest BCUT2D eigenvalue weighted by atomic mass is 10.1. The molecule has 0 radical (unpaired) electrons. The van der Waals surface area contributed by atoms with Crippen LogP contribution >= 0.6 is 0 Å². The summed E-state index contributed by atoms with van der Waals surface area (Å²) in [6.07, 6.45) is 0. The Morgan fingerprint density at radius 2 is 2.05 bits per heavy atom. The number of benzene rings is 1. The van der Waals surface area contributed by atoms with Crippen LogP contribution in [0.1, 0.15) is 29.1 Å². The Balaban J connectivity index is 2.22. The fourth-order valence-electron chi connectivity index (χ4n) is 1.71. The summed E-state index contributed by atoms with van der Waals surface area (Å²) in [6.45, 7) is 1.54. The molecule has 0 amide bonds.